The molecular weight excluding hydrogens is 502 g/mol. The number of nitrogens with zero attached hydrogens (tertiary/aromatic N) is 8. The molecule has 39 heavy (non-hydrogen) atoms. The zero-order valence-electron chi connectivity index (χ0n) is 22.9. The summed E-state index contributed by atoms with van der Waals surface area (Å²) < 4.78 is 15.4. The van der Waals surface area contributed by atoms with E-state index in [0.29, 0.717) is 59.8 Å². The average Bonchev–Trinajstić information content (AvgIpc) is 3.46. The smallest absolute Gasteiger partial charge is 0.220 e. The number of rotatable bonds is 13. The molecule has 0 aliphatic heterocycles. The summed E-state index contributed by atoms with van der Waals surface area (Å²) in [6.45, 7) is 5.78. The molecule has 0 amide bonds. The van der Waals surface area contributed by atoms with Crippen LogP contribution in [0.25, 0.3) is 22.5 Å². The molecule has 0 aromatic carbocycles. The summed E-state index contributed by atoms with van der Waals surface area (Å²) in [6, 6.07) is 3.48. The number of aliphatic hydroxyl groups excluding tert-OH is 1. The van der Waals surface area contributed by atoms with Crippen molar-refractivity contribution < 1.29 is 19.7 Å². The molecule has 4 aromatic rings. The first kappa shape index (κ1) is 27.8. The molecule has 1 atom stereocenters. The van der Waals surface area contributed by atoms with Gasteiger partial charge in [0.1, 0.15) is 22.9 Å². The molecule has 4 rings (SSSR count). The van der Waals surface area contributed by atoms with E-state index < -0.39 is 0 Å². The third-order valence-electron chi connectivity index (χ3n) is 5.91. The third-order valence-corrected chi connectivity index (χ3v) is 5.91. The molecule has 1 unspecified atom stereocenters. The van der Waals surface area contributed by atoms with Crippen LogP contribution in [0.5, 0.6) is 17.5 Å². The Morgan fingerprint density at radius 2 is 1.87 bits per heavy atom. The van der Waals surface area contributed by atoms with Crippen LogP contribution in [0.3, 0.4) is 0 Å². The molecule has 0 radical (unpaired) electrons. The van der Waals surface area contributed by atoms with Crippen molar-refractivity contribution in [3.05, 3.63) is 36.9 Å². The SMILES string of the molecule is CCOc1c(-c2cnc(Nc3ccnc(-c4cnn(C)c4O)n3)cc2OC(C)CCO)cnn1CCN(C)C. The summed E-state index contributed by atoms with van der Waals surface area (Å²) in [5.41, 5.74) is 1.90. The van der Waals surface area contributed by atoms with Crippen LogP contribution in [0.2, 0.25) is 0 Å². The van der Waals surface area contributed by atoms with Gasteiger partial charge in [0.2, 0.25) is 11.8 Å². The van der Waals surface area contributed by atoms with Crippen molar-refractivity contribution in [2.75, 3.05) is 39.2 Å². The number of ether oxygens (including phenoxy) is 2. The van der Waals surface area contributed by atoms with Gasteiger partial charge in [0.25, 0.3) is 0 Å². The first-order valence-corrected chi connectivity index (χ1v) is 12.7. The molecule has 13 heteroatoms. The van der Waals surface area contributed by atoms with Gasteiger partial charge < -0.3 is 29.9 Å². The van der Waals surface area contributed by atoms with Crippen LogP contribution in [-0.4, -0.2) is 89.6 Å². The lowest BCUT2D eigenvalue weighted by Crippen LogP contribution is -2.19. The van der Waals surface area contributed by atoms with Gasteiger partial charge in [-0.3, -0.25) is 0 Å². The van der Waals surface area contributed by atoms with Gasteiger partial charge in [0, 0.05) is 50.6 Å². The van der Waals surface area contributed by atoms with Crippen LogP contribution in [-0.2, 0) is 13.6 Å². The normalized spacial score (nSPS) is 12.1. The Balaban J connectivity index is 1.68. The predicted octanol–water partition coefficient (Wildman–Crippen LogP) is 2.69. The van der Waals surface area contributed by atoms with E-state index in [9.17, 15) is 10.2 Å². The fraction of sp³-hybridized carbons (Fsp3) is 0.423. The van der Waals surface area contributed by atoms with E-state index in [-0.39, 0.29) is 18.6 Å². The predicted molar refractivity (Wildman–Crippen MR) is 146 cm³/mol. The Kier molecular flexibility index (Phi) is 8.94. The van der Waals surface area contributed by atoms with Crippen LogP contribution >= 0.6 is 0 Å². The number of hydrogen-bond donors (Lipinski definition) is 3. The van der Waals surface area contributed by atoms with E-state index in [0.717, 1.165) is 12.1 Å². The van der Waals surface area contributed by atoms with Gasteiger partial charge in [-0.2, -0.15) is 10.2 Å². The van der Waals surface area contributed by atoms with Crippen LogP contribution in [0.1, 0.15) is 20.3 Å². The van der Waals surface area contributed by atoms with Crippen molar-refractivity contribution in [2.24, 2.45) is 7.05 Å². The molecule has 0 bridgehead atoms. The van der Waals surface area contributed by atoms with E-state index >= 15 is 0 Å². The molecule has 0 aliphatic rings. The number of aliphatic hydroxyl groups is 1. The molecule has 13 nitrogen and oxygen atoms in total. The molecule has 0 saturated carbocycles. The van der Waals surface area contributed by atoms with Crippen molar-refractivity contribution in [2.45, 2.75) is 32.9 Å². The van der Waals surface area contributed by atoms with E-state index in [4.69, 9.17) is 9.47 Å². The monoisotopic (exact) mass is 537 g/mol. The Morgan fingerprint density at radius 1 is 1.08 bits per heavy atom. The number of hydrogen-bond acceptors (Lipinski definition) is 11. The molecule has 4 heterocycles. The second-order valence-corrected chi connectivity index (χ2v) is 9.23. The van der Waals surface area contributed by atoms with Crippen molar-refractivity contribution in [1.29, 1.82) is 0 Å². The van der Waals surface area contributed by atoms with E-state index in [2.05, 4.69) is 35.4 Å². The van der Waals surface area contributed by atoms with Gasteiger partial charge >= 0.3 is 0 Å². The van der Waals surface area contributed by atoms with Gasteiger partial charge in [-0.25, -0.2) is 24.3 Å². The molecule has 0 saturated heterocycles. The lowest BCUT2D eigenvalue weighted by Gasteiger charge is -2.18. The number of aryl methyl sites for hydroxylation is 1. The topological polar surface area (TPSA) is 149 Å². The molecule has 4 aromatic heterocycles. The highest BCUT2D eigenvalue weighted by Crippen LogP contribution is 2.38. The van der Waals surface area contributed by atoms with Gasteiger partial charge in [-0.05, 0) is 34.0 Å². The second kappa shape index (κ2) is 12.5. The highest BCUT2D eigenvalue weighted by molar-refractivity contribution is 5.75. The third kappa shape index (κ3) is 6.62. The Labute approximate surface area is 227 Å². The lowest BCUT2D eigenvalue weighted by molar-refractivity contribution is 0.169. The lowest BCUT2D eigenvalue weighted by atomic mass is 10.1. The minimum absolute atomic E-state index is 0.00422. The average molecular weight is 538 g/mol. The van der Waals surface area contributed by atoms with Crippen LogP contribution in [0, 0.1) is 0 Å². The van der Waals surface area contributed by atoms with E-state index in [1.807, 2.05) is 32.6 Å². The zero-order valence-corrected chi connectivity index (χ0v) is 22.9. The van der Waals surface area contributed by atoms with Gasteiger partial charge in [0.15, 0.2) is 5.82 Å². The summed E-state index contributed by atoms with van der Waals surface area (Å²) in [5.74, 6) is 2.45. The first-order valence-electron chi connectivity index (χ1n) is 12.7. The van der Waals surface area contributed by atoms with Crippen LogP contribution in [0.4, 0.5) is 11.6 Å². The van der Waals surface area contributed by atoms with E-state index in [1.165, 1.54) is 10.9 Å². The van der Waals surface area contributed by atoms with Crippen molar-refractivity contribution in [1.82, 2.24) is 39.4 Å². The van der Waals surface area contributed by atoms with Crippen LogP contribution in [0.15, 0.2) is 36.9 Å². The van der Waals surface area contributed by atoms with Crippen molar-refractivity contribution in [3.63, 3.8) is 0 Å². The summed E-state index contributed by atoms with van der Waals surface area (Å²) in [7, 11) is 5.65. The fourth-order valence-electron chi connectivity index (χ4n) is 3.84. The maximum atomic E-state index is 10.2. The van der Waals surface area contributed by atoms with E-state index in [1.54, 1.807) is 37.8 Å². The van der Waals surface area contributed by atoms with Gasteiger partial charge in [-0.1, -0.05) is 0 Å². The fourth-order valence-corrected chi connectivity index (χ4v) is 3.84. The van der Waals surface area contributed by atoms with Crippen molar-refractivity contribution >= 4 is 11.6 Å². The number of aromatic hydroxyl groups is 1. The zero-order chi connectivity index (χ0) is 27.9. The molecule has 0 fully saturated rings. The minimum Gasteiger partial charge on any atom is -0.493 e. The van der Waals surface area contributed by atoms with Gasteiger partial charge in [0.05, 0.1) is 37.2 Å². The number of pyridine rings is 1. The highest BCUT2D eigenvalue weighted by Gasteiger charge is 2.21. The second-order valence-electron chi connectivity index (χ2n) is 9.23. The number of likely N-dealkylation sites (N-methyl/N-ethyl adjacent to an activating group) is 1. The van der Waals surface area contributed by atoms with Gasteiger partial charge in [-0.15, -0.1) is 0 Å². The number of aromatic nitrogens is 7. The summed E-state index contributed by atoms with van der Waals surface area (Å²) in [4.78, 5) is 15.4. The molecule has 208 valence electrons. The Morgan fingerprint density at radius 3 is 2.56 bits per heavy atom. The largest absolute Gasteiger partial charge is 0.493 e. The number of anilines is 2. The summed E-state index contributed by atoms with van der Waals surface area (Å²) in [5, 5.41) is 31.4. The minimum atomic E-state index is -0.248. The molecular formula is C26H35N9O4. The molecule has 0 spiro atoms. The quantitative estimate of drug-likeness (QED) is 0.231. The first-order chi connectivity index (χ1) is 18.8. The summed E-state index contributed by atoms with van der Waals surface area (Å²) in [6.07, 6.45) is 6.77. The highest BCUT2D eigenvalue weighted by atomic mass is 16.5. The molecule has 3 N–H and O–H groups in total. The maximum Gasteiger partial charge on any atom is 0.220 e. The number of nitrogens with one attached hydrogen (secondary N) is 1. The Hall–Kier alpha value is -4.23. The standard InChI is InChI=1S/C26H35N9O4/c1-6-38-26-19(15-30-35(26)11-10-33(3)4)18-14-28-23(13-21(18)39-17(2)8-12-36)31-22-7-9-27-24(32-22)20-16-29-34(5)25(20)37/h7,9,13-17,36-37H,6,8,10-12H2,1-5H3,(H,27,28,31,32). The van der Waals surface area contributed by atoms with Crippen LogP contribution < -0.4 is 14.8 Å². The maximum absolute atomic E-state index is 10.2. The van der Waals surface area contributed by atoms with Crippen molar-refractivity contribution in [3.8, 4) is 40.0 Å². The Bertz CT molecular complexity index is 1390. The summed E-state index contributed by atoms with van der Waals surface area (Å²) >= 11 is 0. The molecule has 0 aliphatic carbocycles.